The molecule has 1 aliphatic rings. The van der Waals surface area contributed by atoms with Crippen molar-refractivity contribution in [3.05, 3.63) is 29.8 Å². The maximum atomic E-state index is 12.0. The minimum Gasteiger partial charge on any atom is -0.392 e. The number of rotatable bonds is 4. The van der Waals surface area contributed by atoms with Crippen molar-refractivity contribution in [2.45, 2.75) is 11.5 Å². The molecule has 1 aliphatic heterocycles. The molecule has 0 bridgehead atoms. The van der Waals surface area contributed by atoms with Gasteiger partial charge in [-0.25, -0.2) is 0 Å². The van der Waals surface area contributed by atoms with Gasteiger partial charge in [0, 0.05) is 31.1 Å². The van der Waals surface area contributed by atoms with E-state index in [-0.39, 0.29) is 12.5 Å². The van der Waals surface area contributed by atoms with Crippen LogP contribution in [-0.2, 0) is 11.4 Å². The van der Waals surface area contributed by atoms with Gasteiger partial charge in [0.15, 0.2) is 0 Å². The lowest BCUT2D eigenvalue weighted by atomic mass is 10.2. The molecule has 0 aliphatic carbocycles. The van der Waals surface area contributed by atoms with Gasteiger partial charge >= 0.3 is 0 Å². The van der Waals surface area contributed by atoms with E-state index in [2.05, 4.69) is 11.9 Å². The molecule has 2 rings (SSSR count). The lowest BCUT2D eigenvalue weighted by Crippen LogP contribution is -2.47. The maximum Gasteiger partial charge on any atom is 0.233 e. The second kappa shape index (κ2) is 6.93. The summed E-state index contributed by atoms with van der Waals surface area (Å²) in [6.07, 6.45) is 0. The van der Waals surface area contributed by atoms with Gasteiger partial charge in [0.25, 0.3) is 0 Å². The number of hydrogen-bond acceptors (Lipinski definition) is 4. The molecular weight excluding hydrogens is 260 g/mol. The Balaban J connectivity index is 1.79. The van der Waals surface area contributed by atoms with Crippen molar-refractivity contribution in [1.82, 2.24) is 9.80 Å². The molecule has 0 radical (unpaired) electrons. The van der Waals surface area contributed by atoms with Crippen LogP contribution in [0.3, 0.4) is 0 Å². The van der Waals surface area contributed by atoms with E-state index in [0.717, 1.165) is 36.6 Å². The molecule has 1 fully saturated rings. The first-order valence-electron chi connectivity index (χ1n) is 6.48. The fourth-order valence-corrected chi connectivity index (χ4v) is 2.78. The van der Waals surface area contributed by atoms with Gasteiger partial charge < -0.3 is 14.9 Å². The number of likely N-dealkylation sites (N-methyl/N-ethyl adjacent to an activating group) is 1. The van der Waals surface area contributed by atoms with Crippen LogP contribution in [0.2, 0.25) is 0 Å². The maximum absolute atomic E-state index is 12.0. The molecule has 1 amide bonds. The number of thioether (sulfide) groups is 1. The van der Waals surface area contributed by atoms with Gasteiger partial charge in [-0.2, -0.15) is 0 Å². The summed E-state index contributed by atoms with van der Waals surface area (Å²) in [7, 11) is 2.08. The van der Waals surface area contributed by atoms with E-state index in [1.54, 1.807) is 11.8 Å². The van der Waals surface area contributed by atoms with Gasteiger partial charge in [0.05, 0.1) is 12.4 Å². The highest BCUT2D eigenvalue weighted by atomic mass is 32.2. The van der Waals surface area contributed by atoms with Crippen LogP contribution >= 0.6 is 11.8 Å². The van der Waals surface area contributed by atoms with E-state index in [1.807, 2.05) is 29.2 Å². The van der Waals surface area contributed by atoms with Crippen LogP contribution in [-0.4, -0.2) is 59.8 Å². The quantitative estimate of drug-likeness (QED) is 0.837. The third kappa shape index (κ3) is 4.23. The third-order valence-electron chi connectivity index (χ3n) is 3.32. The summed E-state index contributed by atoms with van der Waals surface area (Å²) in [6.45, 7) is 3.65. The number of benzene rings is 1. The fraction of sp³-hybridized carbons (Fsp3) is 0.500. The normalized spacial score (nSPS) is 16.6. The Kier molecular flexibility index (Phi) is 5.24. The molecule has 1 aromatic rings. The minimum absolute atomic E-state index is 0.0607. The first kappa shape index (κ1) is 14.4. The van der Waals surface area contributed by atoms with Crippen molar-refractivity contribution < 1.29 is 9.90 Å². The van der Waals surface area contributed by atoms with Crippen molar-refractivity contribution in [3.8, 4) is 0 Å². The van der Waals surface area contributed by atoms with Crippen molar-refractivity contribution >= 4 is 17.7 Å². The van der Waals surface area contributed by atoms with Gasteiger partial charge in [-0.05, 0) is 24.7 Å². The summed E-state index contributed by atoms with van der Waals surface area (Å²) in [4.78, 5) is 17.3. The zero-order valence-corrected chi connectivity index (χ0v) is 12.0. The van der Waals surface area contributed by atoms with Crippen LogP contribution in [0.15, 0.2) is 29.2 Å². The molecule has 19 heavy (non-hydrogen) atoms. The Morgan fingerprint density at radius 2 is 1.84 bits per heavy atom. The molecule has 1 heterocycles. The number of nitrogens with zero attached hydrogens (tertiary/aromatic N) is 2. The summed E-state index contributed by atoms with van der Waals surface area (Å²) in [6, 6.07) is 7.69. The van der Waals surface area contributed by atoms with Gasteiger partial charge in [-0.1, -0.05) is 12.1 Å². The minimum atomic E-state index is 0.0607. The van der Waals surface area contributed by atoms with Crippen molar-refractivity contribution in [2.75, 3.05) is 39.0 Å². The number of aliphatic hydroxyl groups is 1. The van der Waals surface area contributed by atoms with Crippen molar-refractivity contribution in [2.24, 2.45) is 0 Å². The van der Waals surface area contributed by atoms with E-state index in [0.29, 0.717) is 5.75 Å². The van der Waals surface area contributed by atoms with E-state index in [1.165, 1.54) is 0 Å². The molecule has 104 valence electrons. The van der Waals surface area contributed by atoms with E-state index < -0.39 is 0 Å². The van der Waals surface area contributed by atoms with Crippen molar-refractivity contribution in [3.63, 3.8) is 0 Å². The third-order valence-corrected chi connectivity index (χ3v) is 4.32. The molecule has 0 unspecified atom stereocenters. The molecule has 4 nitrogen and oxygen atoms in total. The van der Waals surface area contributed by atoms with Gasteiger partial charge in [-0.15, -0.1) is 11.8 Å². The molecule has 0 aromatic heterocycles. The second-order valence-electron chi connectivity index (χ2n) is 4.77. The lowest BCUT2D eigenvalue weighted by molar-refractivity contribution is -0.129. The molecule has 0 spiro atoms. The summed E-state index contributed by atoms with van der Waals surface area (Å²) in [5, 5.41) is 8.97. The fourth-order valence-electron chi connectivity index (χ4n) is 1.98. The topological polar surface area (TPSA) is 43.8 Å². The Morgan fingerprint density at radius 3 is 2.42 bits per heavy atom. The highest BCUT2D eigenvalue weighted by Crippen LogP contribution is 2.19. The summed E-state index contributed by atoms with van der Waals surface area (Å²) >= 11 is 1.56. The molecule has 1 N–H and O–H groups in total. The summed E-state index contributed by atoms with van der Waals surface area (Å²) < 4.78 is 0. The molecular formula is C14H20N2O2S. The van der Waals surface area contributed by atoms with Crippen molar-refractivity contribution in [1.29, 1.82) is 0 Å². The van der Waals surface area contributed by atoms with Gasteiger partial charge in [0.1, 0.15) is 0 Å². The number of aliphatic hydroxyl groups excluding tert-OH is 1. The Morgan fingerprint density at radius 1 is 1.21 bits per heavy atom. The van der Waals surface area contributed by atoms with Gasteiger partial charge in [0.2, 0.25) is 5.91 Å². The summed E-state index contributed by atoms with van der Waals surface area (Å²) in [5.74, 6) is 0.701. The predicted octanol–water partition coefficient (Wildman–Crippen LogP) is 1.04. The molecule has 0 atom stereocenters. The molecule has 1 aromatic carbocycles. The standard InChI is InChI=1S/C14H20N2O2S/c1-15-6-8-16(9-7-15)14(18)11-19-13-4-2-12(10-17)3-5-13/h2-5,17H,6-11H2,1H3. The van der Waals surface area contributed by atoms with Crippen LogP contribution < -0.4 is 0 Å². The van der Waals surface area contributed by atoms with Crippen LogP contribution in [0.4, 0.5) is 0 Å². The number of piperazine rings is 1. The first-order chi connectivity index (χ1) is 9.19. The molecule has 5 heteroatoms. The Labute approximate surface area is 118 Å². The average Bonchev–Trinajstić information content (AvgIpc) is 2.46. The highest BCUT2D eigenvalue weighted by molar-refractivity contribution is 8.00. The lowest BCUT2D eigenvalue weighted by Gasteiger charge is -2.32. The smallest absolute Gasteiger partial charge is 0.233 e. The second-order valence-corrected chi connectivity index (χ2v) is 5.82. The number of amides is 1. The van der Waals surface area contributed by atoms with Crippen LogP contribution in [0.25, 0.3) is 0 Å². The molecule has 0 saturated carbocycles. The Hall–Kier alpha value is -1.04. The molecule has 1 saturated heterocycles. The van der Waals surface area contributed by atoms with Crippen LogP contribution in [0, 0.1) is 0 Å². The zero-order chi connectivity index (χ0) is 13.7. The zero-order valence-electron chi connectivity index (χ0n) is 11.2. The van der Waals surface area contributed by atoms with E-state index in [4.69, 9.17) is 5.11 Å². The largest absolute Gasteiger partial charge is 0.392 e. The predicted molar refractivity (Wildman–Crippen MR) is 77.2 cm³/mol. The first-order valence-corrected chi connectivity index (χ1v) is 7.46. The van der Waals surface area contributed by atoms with E-state index in [9.17, 15) is 4.79 Å². The summed E-state index contributed by atoms with van der Waals surface area (Å²) in [5.41, 5.74) is 0.898. The Bertz CT molecular complexity index is 414. The number of hydrogen-bond donors (Lipinski definition) is 1. The van der Waals surface area contributed by atoms with Gasteiger partial charge in [-0.3, -0.25) is 4.79 Å². The number of carbonyl (C=O) groups excluding carboxylic acids is 1. The monoisotopic (exact) mass is 280 g/mol. The average molecular weight is 280 g/mol. The highest BCUT2D eigenvalue weighted by Gasteiger charge is 2.18. The van der Waals surface area contributed by atoms with E-state index >= 15 is 0 Å². The van der Waals surface area contributed by atoms with Crippen LogP contribution in [0.5, 0.6) is 0 Å². The number of carbonyl (C=O) groups is 1. The SMILES string of the molecule is CN1CCN(C(=O)CSc2ccc(CO)cc2)CC1. The van der Waals surface area contributed by atoms with Crippen LogP contribution in [0.1, 0.15) is 5.56 Å².